The standard InChI is InChI=1S/C19H17N5O2/c1-2-7-16-15(6-1)18-22-21-17(13-8-10-25-11-13)24(18)23-19(16)26-12-14-5-3-4-9-20-14/h3-5,8-11H,1-2,6-7,12H2. The van der Waals surface area contributed by atoms with Crippen molar-refractivity contribution >= 4 is 5.65 Å². The molecule has 7 heteroatoms. The molecule has 0 N–H and O–H groups in total. The monoisotopic (exact) mass is 347 g/mol. The van der Waals surface area contributed by atoms with Crippen molar-refractivity contribution in [3.63, 3.8) is 0 Å². The van der Waals surface area contributed by atoms with Crippen LogP contribution in [0.3, 0.4) is 0 Å². The van der Waals surface area contributed by atoms with E-state index in [0.717, 1.165) is 48.2 Å². The fourth-order valence-electron chi connectivity index (χ4n) is 3.42. The predicted molar refractivity (Wildman–Crippen MR) is 93.7 cm³/mol. The Morgan fingerprint density at radius 1 is 1.08 bits per heavy atom. The first-order valence-corrected chi connectivity index (χ1v) is 8.72. The smallest absolute Gasteiger partial charge is 0.235 e. The van der Waals surface area contributed by atoms with Gasteiger partial charge in [-0.1, -0.05) is 6.07 Å². The van der Waals surface area contributed by atoms with E-state index in [1.54, 1.807) is 23.2 Å². The molecule has 0 fully saturated rings. The summed E-state index contributed by atoms with van der Waals surface area (Å²) in [6, 6.07) is 7.64. The average molecular weight is 347 g/mol. The van der Waals surface area contributed by atoms with Crippen LogP contribution in [0.1, 0.15) is 29.7 Å². The summed E-state index contributed by atoms with van der Waals surface area (Å²) in [4.78, 5) is 4.32. The lowest BCUT2D eigenvalue weighted by atomic mass is 9.93. The number of aromatic nitrogens is 5. The normalized spacial score (nSPS) is 13.7. The van der Waals surface area contributed by atoms with E-state index in [9.17, 15) is 0 Å². The number of hydrogen-bond acceptors (Lipinski definition) is 6. The molecule has 0 aromatic carbocycles. The predicted octanol–water partition coefficient (Wildman–Crippen LogP) is 3.24. The lowest BCUT2D eigenvalue weighted by Gasteiger charge is -2.19. The number of ether oxygens (including phenoxy) is 1. The number of pyridine rings is 1. The van der Waals surface area contributed by atoms with Crippen LogP contribution in [0.4, 0.5) is 0 Å². The van der Waals surface area contributed by atoms with Crippen LogP contribution in [0, 0.1) is 0 Å². The maximum Gasteiger partial charge on any atom is 0.235 e. The van der Waals surface area contributed by atoms with Gasteiger partial charge in [0.15, 0.2) is 11.5 Å². The topological polar surface area (TPSA) is 78.3 Å². The number of hydrogen-bond donors (Lipinski definition) is 0. The van der Waals surface area contributed by atoms with Crippen molar-refractivity contribution in [3.8, 4) is 17.3 Å². The van der Waals surface area contributed by atoms with E-state index in [2.05, 4.69) is 15.2 Å². The van der Waals surface area contributed by atoms with Gasteiger partial charge >= 0.3 is 0 Å². The highest BCUT2D eigenvalue weighted by Crippen LogP contribution is 2.32. The van der Waals surface area contributed by atoms with Gasteiger partial charge in [0.1, 0.15) is 12.9 Å². The van der Waals surface area contributed by atoms with Crippen molar-refractivity contribution in [3.05, 3.63) is 59.8 Å². The number of aryl methyl sites for hydroxylation is 1. The second-order valence-corrected chi connectivity index (χ2v) is 6.35. The summed E-state index contributed by atoms with van der Waals surface area (Å²) in [5.41, 5.74) is 4.85. The molecule has 4 aromatic rings. The molecule has 0 saturated heterocycles. The van der Waals surface area contributed by atoms with E-state index in [0.29, 0.717) is 18.3 Å². The van der Waals surface area contributed by atoms with E-state index in [1.165, 1.54) is 5.56 Å². The summed E-state index contributed by atoms with van der Waals surface area (Å²) in [5, 5.41) is 13.4. The maximum absolute atomic E-state index is 6.07. The maximum atomic E-state index is 6.07. The summed E-state index contributed by atoms with van der Waals surface area (Å²) in [6.45, 7) is 0.384. The molecule has 0 aliphatic heterocycles. The van der Waals surface area contributed by atoms with Crippen LogP contribution in [0.2, 0.25) is 0 Å². The van der Waals surface area contributed by atoms with E-state index in [-0.39, 0.29) is 0 Å². The average Bonchev–Trinajstić information content (AvgIpc) is 3.36. The first-order chi connectivity index (χ1) is 12.9. The van der Waals surface area contributed by atoms with Gasteiger partial charge in [0.2, 0.25) is 5.88 Å². The van der Waals surface area contributed by atoms with Gasteiger partial charge in [-0.25, -0.2) is 0 Å². The molecular weight excluding hydrogens is 330 g/mol. The molecule has 5 rings (SSSR count). The lowest BCUT2D eigenvalue weighted by molar-refractivity contribution is 0.279. The third-order valence-electron chi connectivity index (χ3n) is 4.69. The van der Waals surface area contributed by atoms with Crippen LogP contribution in [0.5, 0.6) is 5.88 Å². The van der Waals surface area contributed by atoms with Crippen molar-refractivity contribution in [2.45, 2.75) is 32.3 Å². The molecule has 130 valence electrons. The molecule has 0 amide bonds. The van der Waals surface area contributed by atoms with Gasteiger partial charge in [-0.15, -0.1) is 15.3 Å². The Kier molecular flexibility index (Phi) is 3.62. The van der Waals surface area contributed by atoms with Crippen molar-refractivity contribution < 1.29 is 9.15 Å². The Hall–Kier alpha value is -3.22. The molecule has 0 saturated carbocycles. The molecule has 7 nitrogen and oxygen atoms in total. The lowest BCUT2D eigenvalue weighted by Crippen LogP contribution is -2.13. The number of furan rings is 1. The van der Waals surface area contributed by atoms with Crippen LogP contribution in [0.25, 0.3) is 17.0 Å². The number of nitrogens with zero attached hydrogens (tertiary/aromatic N) is 5. The van der Waals surface area contributed by atoms with Gasteiger partial charge in [-0.3, -0.25) is 4.98 Å². The van der Waals surface area contributed by atoms with Crippen molar-refractivity contribution in [1.82, 2.24) is 24.8 Å². The zero-order valence-electron chi connectivity index (χ0n) is 14.1. The molecule has 0 spiro atoms. The third kappa shape index (κ3) is 2.52. The van der Waals surface area contributed by atoms with Crippen molar-refractivity contribution in [1.29, 1.82) is 0 Å². The fraction of sp³-hybridized carbons (Fsp3) is 0.263. The highest BCUT2D eigenvalue weighted by atomic mass is 16.5. The largest absolute Gasteiger partial charge is 0.472 e. The quantitative estimate of drug-likeness (QED) is 0.564. The van der Waals surface area contributed by atoms with Gasteiger partial charge in [-0.05, 0) is 43.9 Å². The Labute approximate surface area is 149 Å². The second kappa shape index (κ2) is 6.25. The Bertz CT molecular complexity index is 1040. The van der Waals surface area contributed by atoms with E-state index < -0.39 is 0 Å². The van der Waals surface area contributed by atoms with E-state index >= 15 is 0 Å². The molecule has 0 unspecified atom stereocenters. The Morgan fingerprint density at radius 3 is 2.81 bits per heavy atom. The summed E-state index contributed by atoms with van der Waals surface area (Å²) in [5.74, 6) is 1.30. The fourth-order valence-corrected chi connectivity index (χ4v) is 3.42. The first kappa shape index (κ1) is 15.1. The Morgan fingerprint density at radius 2 is 2.00 bits per heavy atom. The summed E-state index contributed by atoms with van der Waals surface area (Å²) in [6.07, 6.45) is 9.21. The zero-order valence-corrected chi connectivity index (χ0v) is 14.1. The van der Waals surface area contributed by atoms with Crippen LogP contribution < -0.4 is 4.74 Å². The molecule has 0 radical (unpaired) electrons. The minimum Gasteiger partial charge on any atom is -0.472 e. The van der Waals surface area contributed by atoms with Crippen molar-refractivity contribution in [2.24, 2.45) is 0 Å². The number of rotatable bonds is 4. The molecular formula is C19H17N5O2. The minimum atomic E-state index is 0.384. The molecule has 1 aliphatic carbocycles. The summed E-state index contributed by atoms with van der Waals surface area (Å²) < 4.78 is 13.0. The van der Waals surface area contributed by atoms with Gasteiger partial charge in [0, 0.05) is 17.3 Å². The highest BCUT2D eigenvalue weighted by Gasteiger charge is 2.23. The van der Waals surface area contributed by atoms with Crippen LogP contribution in [0.15, 0.2) is 47.4 Å². The van der Waals surface area contributed by atoms with Crippen molar-refractivity contribution in [2.75, 3.05) is 0 Å². The highest BCUT2D eigenvalue weighted by molar-refractivity contribution is 5.62. The minimum absolute atomic E-state index is 0.384. The molecule has 0 atom stereocenters. The SMILES string of the molecule is c1ccc(COc2nn3c(-c4ccoc4)nnc3c3c2CCCC3)nc1. The summed E-state index contributed by atoms with van der Waals surface area (Å²) >= 11 is 0. The number of fused-ring (bicyclic) bond motifs is 3. The van der Waals surface area contributed by atoms with Gasteiger partial charge in [-0.2, -0.15) is 4.52 Å². The van der Waals surface area contributed by atoms with E-state index in [1.807, 2.05) is 24.3 Å². The molecule has 26 heavy (non-hydrogen) atoms. The van der Waals surface area contributed by atoms with Crippen LogP contribution >= 0.6 is 0 Å². The third-order valence-corrected chi connectivity index (χ3v) is 4.69. The van der Waals surface area contributed by atoms with Crippen LogP contribution in [-0.2, 0) is 19.4 Å². The molecule has 0 bridgehead atoms. The molecule has 4 heterocycles. The van der Waals surface area contributed by atoms with Crippen LogP contribution in [-0.4, -0.2) is 24.8 Å². The summed E-state index contributed by atoms with van der Waals surface area (Å²) in [7, 11) is 0. The molecule has 1 aliphatic rings. The van der Waals surface area contributed by atoms with E-state index in [4.69, 9.17) is 14.3 Å². The Balaban J connectivity index is 1.61. The second-order valence-electron chi connectivity index (χ2n) is 6.35. The first-order valence-electron chi connectivity index (χ1n) is 8.72. The molecule has 4 aromatic heterocycles. The van der Waals surface area contributed by atoms with Gasteiger partial charge in [0.25, 0.3) is 0 Å². The van der Waals surface area contributed by atoms with Gasteiger partial charge < -0.3 is 9.15 Å². The zero-order chi connectivity index (χ0) is 17.3. The van der Waals surface area contributed by atoms with Gasteiger partial charge in [0.05, 0.1) is 17.5 Å².